The lowest BCUT2D eigenvalue weighted by molar-refractivity contribution is 0.0692. The van der Waals surface area contributed by atoms with Crippen LogP contribution in [0.4, 0.5) is 5.69 Å². The monoisotopic (exact) mass is 446 g/mol. The van der Waals surface area contributed by atoms with Crippen molar-refractivity contribution in [3.63, 3.8) is 0 Å². The summed E-state index contributed by atoms with van der Waals surface area (Å²) in [6.07, 6.45) is 4.18. The Hall–Kier alpha value is -3.55. The average Bonchev–Trinajstić information content (AvgIpc) is 3.12. The Morgan fingerprint density at radius 1 is 1.18 bits per heavy atom. The molecule has 0 unspecified atom stereocenters. The molecular formula is C25H30N6O2. The van der Waals surface area contributed by atoms with E-state index in [-0.39, 0.29) is 17.7 Å². The minimum atomic E-state index is -0.232. The van der Waals surface area contributed by atoms with E-state index in [0.29, 0.717) is 35.9 Å². The summed E-state index contributed by atoms with van der Waals surface area (Å²) in [7, 11) is 1.83. The van der Waals surface area contributed by atoms with Crippen LogP contribution in [0.2, 0.25) is 0 Å². The summed E-state index contributed by atoms with van der Waals surface area (Å²) in [6.45, 7) is 7.09. The zero-order valence-corrected chi connectivity index (χ0v) is 19.6. The van der Waals surface area contributed by atoms with Gasteiger partial charge in [0.05, 0.1) is 17.0 Å². The highest BCUT2D eigenvalue weighted by molar-refractivity contribution is 6.04. The highest BCUT2D eigenvalue weighted by Crippen LogP contribution is 2.27. The number of nitrogens with one attached hydrogen (secondary N) is 1. The van der Waals surface area contributed by atoms with Gasteiger partial charge >= 0.3 is 0 Å². The van der Waals surface area contributed by atoms with Gasteiger partial charge in [-0.1, -0.05) is 25.1 Å². The van der Waals surface area contributed by atoms with Crippen LogP contribution in [-0.2, 0) is 13.5 Å². The summed E-state index contributed by atoms with van der Waals surface area (Å²) in [5.74, 6) is 0.482. The minimum absolute atomic E-state index is 0.00230. The van der Waals surface area contributed by atoms with Crippen molar-refractivity contribution in [2.75, 3.05) is 18.4 Å². The molecule has 0 saturated carbocycles. The Kier molecular flexibility index (Phi) is 6.53. The first-order chi connectivity index (χ1) is 15.9. The smallest absolute Gasteiger partial charge is 0.272 e. The molecule has 0 spiro atoms. The fourth-order valence-corrected chi connectivity index (χ4v) is 4.47. The first kappa shape index (κ1) is 22.6. The minimum Gasteiger partial charge on any atom is -0.337 e. The standard InChI is InChI=1S/C25H30N6O2/c1-5-21-16(2)22(30(4)29-21)25(33)31-13-9-10-18(15-31)23-26-14-20(17(3)27-23)24(32)28-19-11-7-6-8-12-19/h6-8,11-12,14,18H,5,9-10,13,15H2,1-4H3,(H,28,32)/t18-/m1/s1. The lowest BCUT2D eigenvalue weighted by Crippen LogP contribution is -2.40. The third kappa shape index (κ3) is 4.65. The van der Waals surface area contributed by atoms with Gasteiger partial charge in [-0.15, -0.1) is 0 Å². The van der Waals surface area contributed by atoms with E-state index in [0.717, 1.165) is 36.2 Å². The highest BCUT2D eigenvalue weighted by atomic mass is 16.2. The summed E-state index contributed by atoms with van der Waals surface area (Å²) in [5.41, 5.74) is 4.36. The number of amides is 2. The van der Waals surface area contributed by atoms with E-state index in [2.05, 4.69) is 20.4 Å². The van der Waals surface area contributed by atoms with E-state index in [1.54, 1.807) is 10.9 Å². The van der Waals surface area contributed by atoms with Crippen molar-refractivity contribution in [3.8, 4) is 0 Å². The highest BCUT2D eigenvalue weighted by Gasteiger charge is 2.30. The van der Waals surface area contributed by atoms with Crippen molar-refractivity contribution in [2.24, 2.45) is 7.05 Å². The van der Waals surface area contributed by atoms with Gasteiger partial charge in [0.1, 0.15) is 11.5 Å². The maximum atomic E-state index is 13.3. The van der Waals surface area contributed by atoms with Gasteiger partial charge < -0.3 is 10.2 Å². The van der Waals surface area contributed by atoms with E-state index in [1.807, 2.05) is 63.1 Å². The lowest BCUT2D eigenvalue weighted by Gasteiger charge is -2.32. The van der Waals surface area contributed by atoms with Crippen LogP contribution in [0.15, 0.2) is 36.5 Å². The molecule has 2 amide bonds. The number of aromatic nitrogens is 4. The number of nitrogens with zero attached hydrogens (tertiary/aromatic N) is 5. The van der Waals surface area contributed by atoms with Crippen LogP contribution in [0, 0.1) is 13.8 Å². The van der Waals surface area contributed by atoms with Gasteiger partial charge in [0.2, 0.25) is 0 Å². The summed E-state index contributed by atoms with van der Waals surface area (Å²) in [6, 6.07) is 9.31. The molecule has 0 radical (unpaired) electrons. The Balaban J connectivity index is 1.49. The molecule has 8 nitrogen and oxygen atoms in total. The molecule has 2 aromatic heterocycles. The third-order valence-electron chi connectivity index (χ3n) is 6.27. The zero-order valence-electron chi connectivity index (χ0n) is 19.6. The van der Waals surface area contributed by atoms with Gasteiger partial charge in [-0.25, -0.2) is 9.97 Å². The largest absolute Gasteiger partial charge is 0.337 e. The number of piperidine rings is 1. The number of hydrogen-bond donors (Lipinski definition) is 1. The Morgan fingerprint density at radius 2 is 1.94 bits per heavy atom. The van der Waals surface area contributed by atoms with Crippen molar-refractivity contribution in [2.45, 2.75) is 46.0 Å². The Labute approximate surface area is 194 Å². The molecule has 3 heterocycles. The number of benzene rings is 1. The van der Waals surface area contributed by atoms with Crippen LogP contribution < -0.4 is 5.32 Å². The molecule has 4 rings (SSSR count). The summed E-state index contributed by atoms with van der Waals surface area (Å²) in [5, 5.41) is 7.37. The summed E-state index contributed by atoms with van der Waals surface area (Å²) >= 11 is 0. The van der Waals surface area contributed by atoms with Crippen molar-refractivity contribution in [3.05, 3.63) is 70.6 Å². The number of anilines is 1. The molecule has 1 atom stereocenters. The van der Waals surface area contributed by atoms with E-state index >= 15 is 0 Å². The van der Waals surface area contributed by atoms with Gasteiger partial charge in [-0.05, 0) is 45.2 Å². The predicted octanol–water partition coefficient (Wildman–Crippen LogP) is 3.66. The van der Waals surface area contributed by atoms with Crippen LogP contribution in [0.5, 0.6) is 0 Å². The number of likely N-dealkylation sites (tertiary alicyclic amines) is 1. The number of rotatable bonds is 5. The maximum Gasteiger partial charge on any atom is 0.272 e. The molecule has 1 aliphatic rings. The number of aryl methyl sites for hydroxylation is 3. The Bertz CT molecular complexity index is 1170. The first-order valence-electron chi connectivity index (χ1n) is 11.4. The number of carbonyl (C=O) groups excluding carboxylic acids is 2. The molecule has 0 bridgehead atoms. The van der Waals surface area contributed by atoms with Crippen LogP contribution in [0.3, 0.4) is 0 Å². The fourth-order valence-electron chi connectivity index (χ4n) is 4.47. The van der Waals surface area contributed by atoms with Crippen LogP contribution in [0.25, 0.3) is 0 Å². The first-order valence-corrected chi connectivity index (χ1v) is 11.4. The summed E-state index contributed by atoms with van der Waals surface area (Å²) < 4.78 is 1.70. The van der Waals surface area contributed by atoms with E-state index in [1.165, 1.54) is 0 Å². The second-order valence-corrected chi connectivity index (χ2v) is 8.54. The quantitative estimate of drug-likeness (QED) is 0.646. The van der Waals surface area contributed by atoms with E-state index in [9.17, 15) is 9.59 Å². The molecule has 0 aliphatic carbocycles. The van der Waals surface area contributed by atoms with Gasteiger partial charge in [0.25, 0.3) is 11.8 Å². The van der Waals surface area contributed by atoms with E-state index < -0.39 is 0 Å². The number of para-hydroxylation sites is 1. The molecule has 1 saturated heterocycles. The van der Waals surface area contributed by atoms with Crippen molar-refractivity contribution < 1.29 is 9.59 Å². The molecule has 172 valence electrons. The number of carbonyl (C=O) groups is 2. The van der Waals surface area contributed by atoms with E-state index in [4.69, 9.17) is 0 Å². The third-order valence-corrected chi connectivity index (χ3v) is 6.27. The van der Waals surface area contributed by atoms with Gasteiger partial charge in [0.15, 0.2) is 0 Å². The molecule has 8 heteroatoms. The summed E-state index contributed by atoms with van der Waals surface area (Å²) in [4.78, 5) is 37.0. The number of hydrogen-bond acceptors (Lipinski definition) is 5. The van der Waals surface area contributed by atoms with Crippen molar-refractivity contribution in [1.29, 1.82) is 0 Å². The Morgan fingerprint density at radius 3 is 2.61 bits per heavy atom. The molecule has 1 N–H and O–H groups in total. The molecule has 1 aromatic carbocycles. The maximum absolute atomic E-state index is 13.3. The molecule has 1 fully saturated rings. The fraction of sp³-hybridized carbons (Fsp3) is 0.400. The average molecular weight is 447 g/mol. The molecule has 33 heavy (non-hydrogen) atoms. The van der Waals surface area contributed by atoms with Gasteiger partial charge in [0, 0.05) is 43.5 Å². The normalized spacial score (nSPS) is 16.0. The topological polar surface area (TPSA) is 93.0 Å². The van der Waals surface area contributed by atoms with Gasteiger partial charge in [-0.3, -0.25) is 14.3 Å². The van der Waals surface area contributed by atoms with Gasteiger partial charge in [-0.2, -0.15) is 5.10 Å². The van der Waals surface area contributed by atoms with Crippen LogP contribution in [0.1, 0.15) is 69.3 Å². The second-order valence-electron chi connectivity index (χ2n) is 8.54. The lowest BCUT2D eigenvalue weighted by atomic mass is 9.96. The molecular weight excluding hydrogens is 416 g/mol. The van der Waals surface area contributed by atoms with Crippen molar-refractivity contribution in [1.82, 2.24) is 24.6 Å². The second kappa shape index (κ2) is 9.52. The SMILES string of the molecule is CCc1nn(C)c(C(=O)N2CCC[C@@H](c3ncc(C(=O)Nc4ccccc4)c(C)n3)C2)c1C. The van der Waals surface area contributed by atoms with Crippen LogP contribution >= 0.6 is 0 Å². The molecule has 1 aliphatic heterocycles. The zero-order chi connectivity index (χ0) is 23.5. The van der Waals surface area contributed by atoms with Crippen LogP contribution in [-0.4, -0.2) is 49.6 Å². The predicted molar refractivity (Wildman–Crippen MR) is 126 cm³/mol. The molecule has 3 aromatic rings. The van der Waals surface area contributed by atoms with Crippen molar-refractivity contribution >= 4 is 17.5 Å².